The van der Waals surface area contributed by atoms with Gasteiger partial charge in [-0.3, -0.25) is 0 Å². The van der Waals surface area contributed by atoms with Gasteiger partial charge in [0.15, 0.2) is 0 Å². The fourth-order valence-corrected chi connectivity index (χ4v) is 1.53. The number of nitrogens with zero attached hydrogens (tertiary/aromatic N) is 1. The molecular formula is C10H23ClN2. The molecule has 1 unspecified atom stereocenters. The summed E-state index contributed by atoms with van der Waals surface area (Å²) in [6.45, 7) is 5.61. The van der Waals surface area contributed by atoms with Crippen LogP contribution in [0, 0.1) is 5.92 Å². The fraction of sp³-hybridized carbons (Fsp3) is 1.00. The summed E-state index contributed by atoms with van der Waals surface area (Å²) in [4.78, 5) is 2.21. The normalized spacial score (nSPS) is 13.6. The van der Waals surface area contributed by atoms with Gasteiger partial charge >= 0.3 is 0 Å². The maximum Gasteiger partial charge on any atom is 0.0226 e. The lowest BCUT2D eigenvalue weighted by Crippen LogP contribution is -2.25. The summed E-state index contributed by atoms with van der Waals surface area (Å²) in [7, 11) is 4.21. The monoisotopic (exact) mass is 206 g/mol. The zero-order valence-corrected chi connectivity index (χ0v) is 9.90. The molecule has 80 valence electrons. The van der Waals surface area contributed by atoms with Gasteiger partial charge in [0, 0.05) is 5.88 Å². The molecule has 0 bridgehead atoms. The van der Waals surface area contributed by atoms with Crippen LogP contribution in [0.3, 0.4) is 0 Å². The van der Waals surface area contributed by atoms with Gasteiger partial charge in [-0.1, -0.05) is 6.92 Å². The van der Waals surface area contributed by atoms with E-state index in [1.807, 2.05) is 0 Å². The Morgan fingerprint density at radius 1 is 1.38 bits per heavy atom. The van der Waals surface area contributed by atoms with Crippen molar-refractivity contribution in [2.75, 3.05) is 39.6 Å². The first-order chi connectivity index (χ1) is 6.16. The van der Waals surface area contributed by atoms with Gasteiger partial charge in [-0.2, -0.15) is 0 Å². The van der Waals surface area contributed by atoms with Crippen molar-refractivity contribution in [2.45, 2.75) is 19.8 Å². The minimum atomic E-state index is 0.705. The summed E-state index contributed by atoms with van der Waals surface area (Å²) in [5.41, 5.74) is 0. The van der Waals surface area contributed by atoms with Gasteiger partial charge < -0.3 is 10.2 Å². The molecular weight excluding hydrogens is 184 g/mol. The number of halogens is 1. The molecule has 3 heteroatoms. The van der Waals surface area contributed by atoms with Crippen molar-refractivity contribution in [3.05, 3.63) is 0 Å². The molecule has 13 heavy (non-hydrogen) atoms. The SMILES string of the molecule is CC(CCCl)CNCCCN(C)C. The highest BCUT2D eigenvalue weighted by Crippen LogP contribution is 2.00. The van der Waals surface area contributed by atoms with Gasteiger partial charge in [0.2, 0.25) is 0 Å². The second-order valence-electron chi connectivity index (χ2n) is 3.94. The van der Waals surface area contributed by atoms with Crippen molar-refractivity contribution in [3.63, 3.8) is 0 Å². The first kappa shape index (κ1) is 13.2. The molecule has 0 fully saturated rings. The highest BCUT2D eigenvalue weighted by atomic mass is 35.5. The second-order valence-corrected chi connectivity index (χ2v) is 4.32. The van der Waals surface area contributed by atoms with Crippen LogP contribution in [0.5, 0.6) is 0 Å². The van der Waals surface area contributed by atoms with Crippen LogP contribution >= 0.6 is 11.6 Å². The highest BCUT2D eigenvalue weighted by Gasteiger charge is 1.99. The minimum Gasteiger partial charge on any atom is -0.316 e. The van der Waals surface area contributed by atoms with E-state index in [1.165, 1.54) is 6.42 Å². The average Bonchev–Trinajstić information content (AvgIpc) is 2.03. The zero-order chi connectivity index (χ0) is 10.1. The van der Waals surface area contributed by atoms with Crippen LogP contribution in [0.1, 0.15) is 19.8 Å². The molecule has 0 aliphatic heterocycles. The van der Waals surface area contributed by atoms with E-state index in [0.29, 0.717) is 5.92 Å². The summed E-state index contributed by atoms with van der Waals surface area (Å²) < 4.78 is 0. The summed E-state index contributed by atoms with van der Waals surface area (Å²) in [6.07, 6.45) is 2.34. The average molecular weight is 207 g/mol. The predicted molar refractivity (Wildman–Crippen MR) is 60.5 cm³/mol. The number of alkyl halides is 1. The van der Waals surface area contributed by atoms with E-state index in [9.17, 15) is 0 Å². The number of hydrogen-bond donors (Lipinski definition) is 1. The quantitative estimate of drug-likeness (QED) is 0.481. The lowest BCUT2D eigenvalue weighted by molar-refractivity contribution is 0.389. The van der Waals surface area contributed by atoms with Crippen molar-refractivity contribution >= 4 is 11.6 Å². The van der Waals surface area contributed by atoms with Crippen molar-refractivity contribution in [1.82, 2.24) is 10.2 Å². The van der Waals surface area contributed by atoms with Crippen LogP contribution in [-0.4, -0.2) is 44.5 Å². The first-order valence-corrected chi connectivity index (χ1v) is 5.61. The Morgan fingerprint density at radius 2 is 2.08 bits per heavy atom. The highest BCUT2D eigenvalue weighted by molar-refractivity contribution is 6.17. The van der Waals surface area contributed by atoms with E-state index < -0.39 is 0 Å². The summed E-state index contributed by atoms with van der Waals surface area (Å²) >= 11 is 5.64. The Morgan fingerprint density at radius 3 is 2.62 bits per heavy atom. The third-order valence-corrected chi connectivity index (χ3v) is 2.27. The Bertz CT molecular complexity index is 107. The molecule has 0 aromatic rings. The molecule has 0 rings (SSSR count). The van der Waals surface area contributed by atoms with Gasteiger partial charge in [0.25, 0.3) is 0 Å². The van der Waals surface area contributed by atoms with Crippen molar-refractivity contribution in [1.29, 1.82) is 0 Å². The van der Waals surface area contributed by atoms with Gasteiger partial charge in [-0.05, 0) is 52.5 Å². The maximum absolute atomic E-state index is 5.64. The Kier molecular flexibility index (Phi) is 8.93. The molecule has 0 aliphatic rings. The lowest BCUT2D eigenvalue weighted by atomic mass is 10.1. The third kappa shape index (κ3) is 10.1. The molecule has 1 N–H and O–H groups in total. The maximum atomic E-state index is 5.64. The molecule has 0 spiro atoms. The van der Waals surface area contributed by atoms with Gasteiger partial charge in [-0.25, -0.2) is 0 Å². The van der Waals surface area contributed by atoms with E-state index in [-0.39, 0.29) is 0 Å². The summed E-state index contributed by atoms with van der Waals surface area (Å²) in [6, 6.07) is 0. The fourth-order valence-electron chi connectivity index (χ4n) is 1.16. The number of nitrogens with one attached hydrogen (secondary N) is 1. The Balaban J connectivity index is 3.06. The van der Waals surface area contributed by atoms with Gasteiger partial charge in [-0.15, -0.1) is 11.6 Å². The molecule has 0 aliphatic carbocycles. The molecule has 0 aromatic carbocycles. The molecule has 0 saturated heterocycles. The van der Waals surface area contributed by atoms with E-state index in [2.05, 4.69) is 31.2 Å². The third-order valence-electron chi connectivity index (χ3n) is 2.05. The van der Waals surface area contributed by atoms with E-state index in [1.54, 1.807) is 0 Å². The van der Waals surface area contributed by atoms with Gasteiger partial charge in [0.05, 0.1) is 0 Å². The first-order valence-electron chi connectivity index (χ1n) is 5.08. The minimum absolute atomic E-state index is 0.705. The second kappa shape index (κ2) is 8.79. The lowest BCUT2D eigenvalue weighted by Gasteiger charge is -2.12. The zero-order valence-electron chi connectivity index (χ0n) is 9.15. The van der Waals surface area contributed by atoms with Crippen molar-refractivity contribution in [2.24, 2.45) is 5.92 Å². The Labute approximate surface area is 87.6 Å². The van der Waals surface area contributed by atoms with Crippen molar-refractivity contribution < 1.29 is 0 Å². The van der Waals surface area contributed by atoms with Crippen LogP contribution in [0.15, 0.2) is 0 Å². The van der Waals surface area contributed by atoms with Crippen molar-refractivity contribution in [3.8, 4) is 0 Å². The topological polar surface area (TPSA) is 15.3 Å². The van der Waals surface area contributed by atoms with Crippen LogP contribution in [-0.2, 0) is 0 Å². The molecule has 0 saturated carbocycles. The molecule has 0 aromatic heterocycles. The van der Waals surface area contributed by atoms with Crippen LogP contribution in [0.25, 0.3) is 0 Å². The summed E-state index contributed by atoms with van der Waals surface area (Å²) in [5.74, 6) is 1.48. The smallest absolute Gasteiger partial charge is 0.0226 e. The van der Waals surface area contributed by atoms with E-state index in [0.717, 1.165) is 31.9 Å². The molecule has 0 heterocycles. The molecule has 0 radical (unpaired) electrons. The van der Waals surface area contributed by atoms with Crippen LogP contribution < -0.4 is 5.32 Å². The predicted octanol–water partition coefficient (Wildman–Crippen LogP) is 1.79. The largest absolute Gasteiger partial charge is 0.316 e. The molecule has 2 nitrogen and oxygen atoms in total. The van der Waals surface area contributed by atoms with Gasteiger partial charge in [0.1, 0.15) is 0 Å². The van der Waals surface area contributed by atoms with Crippen LogP contribution in [0.2, 0.25) is 0 Å². The van der Waals surface area contributed by atoms with E-state index >= 15 is 0 Å². The molecule has 0 amide bonds. The molecule has 1 atom stereocenters. The Hall–Kier alpha value is 0.210. The number of rotatable bonds is 8. The summed E-state index contributed by atoms with van der Waals surface area (Å²) in [5, 5.41) is 3.44. The van der Waals surface area contributed by atoms with E-state index in [4.69, 9.17) is 11.6 Å². The number of hydrogen-bond acceptors (Lipinski definition) is 2. The standard InChI is InChI=1S/C10H23ClN2/c1-10(5-6-11)9-12-7-4-8-13(2)3/h10,12H,4-9H2,1-3H3. The van der Waals surface area contributed by atoms with Crippen LogP contribution in [0.4, 0.5) is 0 Å².